The van der Waals surface area contributed by atoms with Crippen LogP contribution in [0, 0.1) is 0 Å². The monoisotopic (exact) mass is 283 g/mol. The summed E-state index contributed by atoms with van der Waals surface area (Å²) in [5.74, 6) is 0. The highest BCUT2D eigenvalue weighted by Crippen LogP contribution is 2.27. The molecule has 6 heteroatoms. The molecule has 1 N–H and O–H groups in total. The molecule has 1 aromatic rings. The molecule has 0 saturated heterocycles. The van der Waals surface area contributed by atoms with E-state index in [1.165, 1.54) is 11.3 Å². The summed E-state index contributed by atoms with van der Waals surface area (Å²) in [7, 11) is -3.29. The number of hydrogen-bond donors (Lipinski definition) is 1. The smallest absolute Gasteiger partial charge is 0.210 e. The zero-order valence-electron chi connectivity index (χ0n) is 7.08. The second kappa shape index (κ2) is 4.54. The first kappa shape index (κ1) is 11.2. The fourth-order valence-corrected chi connectivity index (χ4v) is 4.29. The number of nitrogens with one attached hydrogen (secondary N) is 1. The summed E-state index contributed by atoms with van der Waals surface area (Å²) in [6.07, 6.45) is 0.794. The zero-order chi connectivity index (χ0) is 9.90. The SMILES string of the molecule is CCCNS(=O)(=O)c1sccc1Br. The highest BCUT2D eigenvalue weighted by molar-refractivity contribution is 9.10. The van der Waals surface area contributed by atoms with Crippen molar-refractivity contribution in [2.24, 2.45) is 0 Å². The lowest BCUT2D eigenvalue weighted by molar-refractivity contribution is 0.582. The van der Waals surface area contributed by atoms with Gasteiger partial charge in [0.2, 0.25) is 0 Å². The van der Waals surface area contributed by atoms with E-state index in [1.54, 1.807) is 11.4 Å². The van der Waals surface area contributed by atoms with E-state index in [2.05, 4.69) is 20.7 Å². The molecule has 0 fully saturated rings. The number of rotatable bonds is 4. The van der Waals surface area contributed by atoms with Crippen LogP contribution in [0.1, 0.15) is 13.3 Å². The lowest BCUT2D eigenvalue weighted by Crippen LogP contribution is -2.23. The fraction of sp³-hybridized carbons (Fsp3) is 0.429. The molecule has 0 aromatic carbocycles. The molecule has 74 valence electrons. The lowest BCUT2D eigenvalue weighted by atomic mass is 10.5. The largest absolute Gasteiger partial charge is 0.251 e. The summed E-state index contributed by atoms with van der Waals surface area (Å²) in [6, 6.07) is 1.73. The molecule has 1 heterocycles. The Bertz CT molecular complexity index is 372. The van der Waals surface area contributed by atoms with Crippen molar-refractivity contribution in [2.75, 3.05) is 6.54 Å². The highest BCUT2D eigenvalue weighted by Gasteiger charge is 2.17. The summed E-state index contributed by atoms with van der Waals surface area (Å²) in [4.78, 5) is 0. The van der Waals surface area contributed by atoms with E-state index in [4.69, 9.17) is 0 Å². The molecule has 0 spiro atoms. The summed E-state index contributed by atoms with van der Waals surface area (Å²) < 4.78 is 26.6. The van der Waals surface area contributed by atoms with Gasteiger partial charge in [-0.1, -0.05) is 6.92 Å². The van der Waals surface area contributed by atoms with Gasteiger partial charge < -0.3 is 0 Å². The van der Waals surface area contributed by atoms with Crippen molar-refractivity contribution < 1.29 is 8.42 Å². The van der Waals surface area contributed by atoms with Crippen LogP contribution in [0.5, 0.6) is 0 Å². The van der Waals surface area contributed by atoms with Crippen LogP contribution in [0.25, 0.3) is 0 Å². The predicted octanol–water partition coefficient (Wildman–Crippen LogP) is 2.20. The fourth-order valence-electron chi connectivity index (χ4n) is 0.774. The number of hydrogen-bond acceptors (Lipinski definition) is 3. The summed E-state index contributed by atoms with van der Waals surface area (Å²) in [5.41, 5.74) is 0. The Labute approximate surface area is 90.3 Å². The van der Waals surface area contributed by atoms with Gasteiger partial charge in [0.15, 0.2) is 0 Å². The Morgan fingerprint density at radius 1 is 1.62 bits per heavy atom. The van der Waals surface area contributed by atoms with Crippen LogP contribution in [0.15, 0.2) is 20.1 Å². The third-order valence-electron chi connectivity index (χ3n) is 1.37. The van der Waals surface area contributed by atoms with E-state index in [-0.39, 0.29) is 0 Å². The molecule has 1 rings (SSSR count). The van der Waals surface area contributed by atoms with E-state index in [0.717, 1.165) is 6.42 Å². The molecule has 0 unspecified atom stereocenters. The number of sulfonamides is 1. The molecule has 0 amide bonds. The molecule has 13 heavy (non-hydrogen) atoms. The average Bonchev–Trinajstić information content (AvgIpc) is 2.48. The zero-order valence-corrected chi connectivity index (χ0v) is 10.3. The van der Waals surface area contributed by atoms with Crippen LogP contribution < -0.4 is 4.72 Å². The van der Waals surface area contributed by atoms with Crippen LogP contribution in [0.4, 0.5) is 0 Å². The Kier molecular flexibility index (Phi) is 3.90. The van der Waals surface area contributed by atoms with Crippen molar-refractivity contribution in [3.8, 4) is 0 Å². The molecular formula is C7H10BrNO2S2. The van der Waals surface area contributed by atoms with Crippen LogP contribution in [-0.2, 0) is 10.0 Å². The van der Waals surface area contributed by atoms with E-state index >= 15 is 0 Å². The van der Waals surface area contributed by atoms with Gasteiger partial charge in [-0.05, 0) is 33.8 Å². The van der Waals surface area contributed by atoms with E-state index < -0.39 is 10.0 Å². The van der Waals surface area contributed by atoms with Crippen LogP contribution in [0.3, 0.4) is 0 Å². The van der Waals surface area contributed by atoms with Crippen molar-refractivity contribution in [3.05, 3.63) is 15.9 Å². The molecule has 0 aliphatic carbocycles. The minimum Gasteiger partial charge on any atom is -0.210 e. The predicted molar refractivity (Wildman–Crippen MR) is 57.5 cm³/mol. The van der Waals surface area contributed by atoms with Gasteiger partial charge in [-0.3, -0.25) is 0 Å². The van der Waals surface area contributed by atoms with Gasteiger partial charge in [-0.25, -0.2) is 13.1 Å². The molecular weight excluding hydrogens is 274 g/mol. The second-order valence-electron chi connectivity index (χ2n) is 2.45. The molecule has 3 nitrogen and oxygen atoms in total. The van der Waals surface area contributed by atoms with Gasteiger partial charge in [-0.2, -0.15) is 0 Å². The van der Waals surface area contributed by atoms with Crippen molar-refractivity contribution >= 4 is 37.3 Å². The van der Waals surface area contributed by atoms with Crippen molar-refractivity contribution in [1.82, 2.24) is 4.72 Å². The standard InChI is InChI=1S/C7H10BrNO2S2/c1-2-4-9-13(10,11)7-6(8)3-5-12-7/h3,5,9H,2,4H2,1H3. The Morgan fingerprint density at radius 2 is 2.31 bits per heavy atom. The van der Waals surface area contributed by atoms with Crippen LogP contribution >= 0.6 is 27.3 Å². The molecule has 1 aromatic heterocycles. The van der Waals surface area contributed by atoms with Crippen molar-refractivity contribution in [2.45, 2.75) is 17.6 Å². The highest BCUT2D eigenvalue weighted by atomic mass is 79.9. The first-order valence-electron chi connectivity index (χ1n) is 3.80. The van der Waals surface area contributed by atoms with Gasteiger partial charge in [-0.15, -0.1) is 11.3 Å². The van der Waals surface area contributed by atoms with Crippen LogP contribution in [-0.4, -0.2) is 15.0 Å². The third-order valence-corrected chi connectivity index (χ3v) is 5.50. The number of thiophene rings is 1. The third kappa shape index (κ3) is 2.77. The quantitative estimate of drug-likeness (QED) is 0.921. The molecule has 0 aliphatic heterocycles. The first-order chi connectivity index (χ1) is 6.08. The van der Waals surface area contributed by atoms with Gasteiger partial charge in [0, 0.05) is 11.0 Å². The maximum Gasteiger partial charge on any atom is 0.251 e. The van der Waals surface area contributed by atoms with Gasteiger partial charge in [0.1, 0.15) is 4.21 Å². The maximum absolute atomic E-state index is 11.5. The molecule has 0 atom stereocenters. The Morgan fingerprint density at radius 3 is 2.77 bits per heavy atom. The molecule has 0 saturated carbocycles. The maximum atomic E-state index is 11.5. The topological polar surface area (TPSA) is 46.2 Å². The van der Waals surface area contributed by atoms with Crippen molar-refractivity contribution in [1.29, 1.82) is 0 Å². The molecule has 0 aliphatic rings. The molecule has 0 bridgehead atoms. The normalized spacial score (nSPS) is 11.8. The van der Waals surface area contributed by atoms with Gasteiger partial charge >= 0.3 is 0 Å². The van der Waals surface area contributed by atoms with Crippen molar-refractivity contribution in [3.63, 3.8) is 0 Å². The summed E-state index contributed by atoms with van der Waals surface area (Å²) in [5, 5.41) is 1.74. The summed E-state index contributed by atoms with van der Waals surface area (Å²) in [6.45, 7) is 2.40. The van der Waals surface area contributed by atoms with Gasteiger partial charge in [0.05, 0.1) is 0 Å². The minimum absolute atomic E-state index is 0.348. The average molecular weight is 284 g/mol. The first-order valence-corrected chi connectivity index (χ1v) is 6.96. The lowest BCUT2D eigenvalue weighted by Gasteiger charge is -2.02. The summed E-state index contributed by atoms with van der Waals surface area (Å²) >= 11 is 4.39. The number of halogens is 1. The second-order valence-corrected chi connectivity index (χ2v) is 6.19. The molecule has 0 radical (unpaired) electrons. The van der Waals surface area contributed by atoms with Gasteiger partial charge in [0.25, 0.3) is 10.0 Å². The Balaban J connectivity index is 2.88. The minimum atomic E-state index is -3.29. The van der Waals surface area contributed by atoms with Crippen LogP contribution in [0.2, 0.25) is 0 Å². The van der Waals surface area contributed by atoms with E-state index in [1.807, 2.05) is 6.92 Å². The van der Waals surface area contributed by atoms with E-state index in [0.29, 0.717) is 15.2 Å². The van der Waals surface area contributed by atoms with E-state index in [9.17, 15) is 8.42 Å². The Hall–Kier alpha value is 0.0900.